The van der Waals surface area contributed by atoms with Crippen LogP contribution in [0.5, 0.6) is 0 Å². The summed E-state index contributed by atoms with van der Waals surface area (Å²) in [5.74, 6) is -0.735. The maximum Gasteiger partial charge on any atom is 0.188 e. The molecule has 6 heteroatoms. The molecule has 16 heavy (non-hydrogen) atoms. The molecule has 0 heterocycles. The Morgan fingerprint density at radius 1 is 1.12 bits per heavy atom. The number of hydrogen-bond acceptors (Lipinski definition) is 6. The van der Waals surface area contributed by atoms with E-state index in [0.29, 0.717) is 13.2 Å². The molecule has 0 saturated heterocycles. The molecule has 0 aromatic heterocycles. The molecule has 0 amide bonds. The zero-order valence-corrected chi connectivity index (χ0v) is 9.81. The van der Waals surface area contributed by atoms with Crippen molar-refractivity contribution in [1.82, 2.24) is 0 Å². The van der Waals surface area contributed by atoms with Gasteiger partial charge >= 0.3 is 0 Å². The number of ether oxygens (including phenoxy) is 4. The average molecular weight is 236 g/mol. The molecule has 0 spiro atoms. The van der Waals surface area contributed by atoms with Crippen LogP contribution in [0.25, 0.3) is 0 Å². The third-order valence-electron chi connectivity index (χ3n) is 1.57. The van der Waals surface area contributed by atoms with Crippen molar-refractivity contribution in [3.8, 4) is 0 Å². The quantitative estimate of drug-likeness (QED) is 0.192. The summed E-state index contributed by atoms with van der Waals surface area (Å²) in [7, 11) is 0. The molecule has 0 aliphatic carbocycles. The lowest BCUT2D eigenvalue weighted by molar-refractivity contribution is -0.275. The van der Waals surface area contributed by atoms with E-state index >= 15 is 0 Å². The second kappa shape index (κ2) is 9.56. The average Bonchev–Trinajstić information content (AvgIpc) is 2.23. The predicted octanol–water partition coefficient (Wildman–Crippen LogP) is 1.38. The number of hydrogen-bond donors (Lipinski definition) is 1. The molecule has 0 bridgehead atoms. The summed E-state index contributed by atoms with van der Waals surface area (Å²) < 4.78 is 20.5. The zero-order valence-electron chi connectivity index (χ0n) is 9.81. The lowest BCUT2D eigenvalue weighted by atomic mass is 10.4. The minimum atomic E-state index is -0.735. The molecule has 0 fully saturated rings. The normalized spacial score (nSPS) is 11.4. The van der Waals surface area contributed by atoms with E-state index in [1.165, 1.54) is 6.26 Å². The molecule has 6 nitrogen and oxygen atoms in total. The van der Waals surface area contributed by atoms with Crippen molar-refractivity contribution < 1.29 is 29.1 Å². The largest absolute Gasteiger partial charge is 0.476 e. The maximum absolute atomic E-state index is 8.10. The first kappa shape index (κ1) is 15.3. The third kappa shape index (κ3) is 9.88. The standard InChI is InChI=1S/C10H20O6/c1-4-12-9-13-5-6-14-10(2,3)15-7-8-16-11/h4,11H,1,5-9H2,2-3H3. The van der Waals surface area contributed by atoms with Gasteiger partial charge in [-0.15, -0.1) is 0 Å². The Kier molecular flexibility index (Phi) is 9.16. The van der Waals surface area contributed by atoms with Crippen LogP contribution >= 0.6 is 0 Å². The van der Waals surface area contributed by atoms with E-state index in [4.69, 9.17) is 24.2 Å². The summed E-state index contributed by atoms with van der Waals surface area (Å²) in [6.07, 6.45) is 1.31. The zero-order chi connectivity index (χ0) is 12.3. The molecule has 0 atom stereocenters. The highest BCUT2D eigenvalue weighted by Crippen LogP contribution is 2.10. The highest BCUT2D eigenvalue weighted by atomic mass is 17.1. The van der Waals surface area contributed by atoms with E-state index in [1.54, 1.807) is 13.8 Å². The second-order valence-electron chi connectivity index (χ2n) is 3.29. The number of rotatable bonds is 11. The summed E-state index contributed by atoms with van der Waals surface area (Å²) in [6, 6.07) is 0. The molecule has 0 aliphatic rings. The molecule has 0 radical (unpaired) electrons. The Morgan fingerprint density at radius 3 is 2.31 bits per heavy atom. The van der Waals surface area contributed by atoms with Gasteiger partial charge in [0.2, 0.25) is 0 Å². The first-order valence-electron chi connectivity index (χ1n) is 4.97. The van der Waals surface area contributed by atoms with E-state index in [0.717, 1.165) is 0 Å². The second-order valence-corrected chi connectivity index (χ2v) is 3.29. The first-order chi connectivity index (χ1) is 7.62. The van der Waals surface area contributed by atoms with Crippen molar-refractivity contribution in [3.63, 3.8) is 0 Å². The summed E-state index contributed by atoms with van der Waals surface area (Å²) in [6.45, 7) is 8.21. The van der Waals surface area contributed by atoms with Crippen LogP contribution in [0.2, 0.25) is 0 Å². The van der Waals surface area contributed by atoms with E-state index in [1.807, 2.05) is 0 Å². The SMILES string of the molecule is C=COCOCCOC(C)(C)OCCOO. The Labute approximate surface area is 95.6 Å². The minimum Gasteiger partial charge on any atom is -0.476 e. The fourth-order valence-corrected chi connectivity index (χ4v) is 0.868. The van der Waals surface area contributed by atoms with E-state index in [2.05, 4.69) is 11.5 Å². The lowest BCUT2D eigenvalue weighted by Gasteiger charge is -2.25. The van der Waals surface area contributed by atoms with Crippen molar-refractivity contribution in [1.29, 1.82) is 0 Å². The van der Waals surface area contributed by atoms with Gasteiger partial charge in [-0.1, -0.05) is 6.58 Å². The smallest absolute Gasteiger partial charge is 0.188 e. The van der Waals surface area contributed by atoms with Gasteiger partial charge in [0.05, 0.1) is 26.1 Å². The van der Waals surface area contributed by atoms with Gasteiger partial charge in [0.1, 0.15) is 6.61 Å². The van der Waals surface area contributed by atoms with E-state index < -0.39 is 5.79 Å². The van der Waals surface area contributed by atoms with Crippen LogP contribution < -0.4 is 0 Å². The summed E-state index contributed by atoms with van der Waals surface area (Å²) >= 11 is 0. The van der Waals surface area contributed by atoms with Crippen molar-refractivity contribution in [3.05, 3.63) is 12.8 Å². The maximum atomic E-state index is 8.10. The van der Waals surface area contributed by atoms with Crippen molar-refractivity contribution in [2.24, 2.45) is 0 Å². The van der Waals surface area contributed by atoms with Gasteiger partial charge in [0.25, 0.3) is 0 Å². The summed E-state index contributed by atoms with van der Waals surface area (Å²) in [5.41, 5.74) is 0. The fourth-order valence-electron chi connectivity index (χ4n) is 0.868. The van der Waals surface area contributed by atoms with Crippen LogP contribution in [-0.4, -0.2) is 44.3 Å². The van der Waals surface area contributed by atoms with Crippen molar-refractivity contribution >= 4 is 0 Å². The van der Waals surface area contributed by atoms with E-state index in [9.17, 15) is 0 Å². The van der Waals surface area contributed by atoms with Crippen molar-refractivity contribution in [2.45, 2.75) is 19.6 Å². The van der Waals surface area contributed by atoms with Gasteiger partial charge in [-0.2, -0.15) is 0 Å². The Morgan fingerprint density at radius 2 is 1.75 bits per heavy atom. The Hall–Kier alpha value is -0.660. The van der Waals surface area contributed by atoms with Crippen LogP contribution in [0.4, 0.5) is 0 Å². The van der Waals surface area contributed by atoms with Gasteiger partial charge in [-0.25, -0.2) is 4.89 Å². The molecule has 0 unspecified atom stereocenters. The van der Waals surface area contributed by atoms with Gasteiger partial charge < -0.3 is 18.9 Å². The predicted molar refractivity (Wildman–Crippen MR) is 56.7 cm³/mol. The first-order valence-corrected chi connectivity index (χ1v) is 4.97. The lowest BCUT2D eigenvalue weighted by Crippen LogP contribution is -2.31. The molecule has 1 N–H and O–H groups in total. The monoisotopic (exact) mass is 236 g/mol. The van der Waals surface area contributed by atoms with Crippen LogP contribution in [0, 0.1) is 0 Å². The van der Waals surface area contributed by atoms with Gasteiger partial charge in [0, 0.05) is 0 Å². The van der Waals surface area contributed by atoms with Gasteiger partial charge in [-0.3, -0.25) is 5.26 Å². The fraction of sp³-hybridized carbons (Fsp3) is 0.800. The Bertz CT molecular complexity index is 171. The molecule has 96 valence electrons. The molecule has 0 aromatic carbocycles. The molecular weight excluding hydrogens is 216 g/mol. The molecular formula is C10H20O6. The van der Waals surface area contributed by atoms with Crippen molar-refractivity contribution in [2.75, 3.05) is 33.2 Å². The van der Waals surface area contributed by atoms with Crippen LogP contribution in [-0.2, 0) is 23.8 Å². The summed E-state index contributed by atoms with van der Waals surface area (Å²) in [5, 5.41) is 8.10. The molecule has 0 rings (SSSR count). The molecule has 0 aliphatic heterocycles. The highest BCUT2D eigenvalue weighted by Gasteiger charge is 2.18. The van der Waals surface area contributed by atoms with Crippen LogP contribution in [0.15, 0.2) is 12.8 Å². The Balaban J connectivity index is 3.38. The van der Waals surface area contributed by atoms with Gasteiger partial charge in [0.15, 0.2) is 12.6 Å². The third-order valence-corrected chi connectivity index (χ3v) is 1.57. The molecule has 0 aromatic rings. The molecule has 0 saturated carbocycles. The van der Waals surface area contributed by atoms with E-state index in [-0.39, 0.29) is 20.0 Å². The van der Waals surface area contributed by atoms with Crippen LogP contribution in [0.3, 0.4) is 0 Å². The highest BCUT2D eigenvalue weighted by molar-refractivity contribution is 4.53. The van der Waals surface area contributed by atoms with Gasteiger partial charge in [-0.05, 0) is 13.8 Å². The summed E-state index contributed by atoms with van der Waals surface area (Å²) in [4.78, 5) is 3.88. The topological polar surface area (TPSA) is 66.4 Å². The minimum absolute atomic E-state index is 0.108. The van der Waals surface area contributed by atoms with Crippen LogP contribution in [0.1, 0.15) is 13.8 Å².